The summed E-state index contributed by atoms with van der Waals surface area (Å²) in [6, 6.07) is 6.74. The first kappa shape index (κ1) is 24.4. The van der Waals surface area contributed by atoms with Gasteiger partial charge in [-0.25, -0.2) is 0 Å². The van der Waals surface area contributed by atoms with Crippen LogP contribution in [0, 0.1) is 10.1 Å². The van der Waals surface area contributed by atoms with Crippen LogP contribution >= 0.6 is 37.2 Å². The van der Waals surface area contributed by atoms with Crippen LogP contribution in [-0.2, 0) is 6.54 Å². The maximum absolute atomic E-state index is 10.9. The average molecular weight is 348 g/mol. The summed E-state index contributed by atoms with van der Waals surface area (Å²) in [7, 11) is 0. The number of para-hydroxylation sites is 1. The molecule has 0 radical (unpaired) electrons. The monoisotopic (exact) mass is 346 g/mol. The molecule has 0 aliphatic rings. The summed E-state index contributed by atoms with van der Waals surface area (Å²) in [4.78, 5) is 12.5. The standard InChI is InChI=1S/C11H18N4O2.3ClH/c12-5-7-14(8-6-13)9-10-3-1-2-4-11(10)15(16)17;;;/h1-4H,5-9,12-13H2;3*1H. The Morgan fingerprint density at radius 2 is 1.55 bits per heavy atom. The van der Waals surface area contributed by atoms with Gasteiger partial charge in [0.25, 0.3) is 5.69 Å². The molecular formula is C11H21Cl3N4O2. The molecule has 0 heterocycles. The van der Waals surface area contributed by atoms with Crippen LogP contribution in [0.3, 0.4) is 0 Å². The number of nitro groups is 1. The number of hydrogen-bond donors (Lipinski definition) is 2. The molecule has 0 atom stereocenters. The number of hydrogen-bond acceptors (Lipinski definition) is 5. The smallest absolute Gasteiger partial charge is 0.273 e. The van der Waals surface area contributed by atoms with Crippen LogP contribution in [-0.4, -0.2) is 36.0 Å². The third kappa shape index (κ3) is 7.84. The van der Waals surface area contributed by atoms with Crippen LogP contribution in [0.1, 0.15) is 5.56 Å². The zero-order valence-corrected chi connectivity index (χ0v) is 13.4. The Hall–Kier alpha value is -0.630. The van der Waals surface area contributed by atoms with E-state index in [-0.39, 0.29) is 47.8 Å². The topological polar surface area (TPSA) is 98.4 Å². The largest absolute Gasteiger partial charge is 0.329 e. The van der Waals surface area contributed by atoms with Gasteiger partial charge < -0.3 is 11.5 Å². The quantitative estimate of drug-likeness (QED) is 0.576. The summed E-state index contributed by atoms with van der Waals surface area (Å²) in [6.07, 6.45) is 0. The highest BCUT2D eigenvalue weighted by Gasteiger charge is 2.14. The highest BCUT2D eigenvalue weighted by atomic mass is 35.5. The molecule has 9 heteroatoms. The van der Waals surface area contributed by atoms with E-state index in [1.165, 1.54) is 6.07 Å². The minimum absolute atomic E-state index is 0. The molecule has 0 saturated heterocycles. The number of rotatable bonds is 7. The van der Waals surface area contributed by atoms with E-state index >= 15 is 0 Å². The number of nitro benzene ring substituents is 1. The molecule has 6 nitrogen and oxygen atoms in total. The molecule has 0 bridgehead atoms. The van der Waals surface area contributed by atoms with Crippen molar-refractivity contribution in [2.75, 3.05) is 26.2 Å². The Morgan fingerprint density at radius 3 is 2.00 bits per heavy atom. The summed E-state index contributed by atoms with van der Waals surface area (Å²) in [5.74, 6) is 0. The van der Waals surface area contributed by atoms with E-state index in [0.717, 1.165) is 0 Å². The van der Waals surface area contributed by atoms with Crippen LogP contribution < -0.4 is 11.5 Å². The van der Waals surface area contributed by atoms with Crippen LogP contribution in [0.4, 0.5) is 5.69 Å². The van der Waals surface area contributed by atoms with Crippen molar-refractivity contribution in [1.29, 1.82) is 0 Å². The van der Waals surface area contributed by atoms with Crippen molar-refractivity contribution in [2.24, 2.45) is 11.5 Å². The second-order valence-electron chi connectivity index (χ2n) is 3.74. The van der Waals surface area contributed by atoms with Crippen molar-refractivity contribution in [3.63, 3.8) is 0 Å². The molecule has 0 aliphatic heterocycles. The summed E-state index contributed by atoms with van der Waals surface area (Å²) in [6.45, 7) is 2.90. The minimum Gasteiger partial charge on any atom is -0.329 e. The van der Waals surface area contributed by atoms with Gasteiger partial charge in [0.05, 0.1) is 4.92 Å². The second-order valence-corrected chi connectivity index (χ2v) is 3.74. The number of nitrogens with two attached hydrogens (primary N) is 2. The SMILES string of the molecule is Cl.Cl.Cl.NCCN(CCN)Cc1ccccc1[N+](=O)[O-]. The van der Waals surface area contributed by atoms with Crippen molar-refractivity contribution in [2.45, 2.75) is 6.54 Å². The molecule has 1 aromatic rings. The maximum atomic E-state index is 10.9. The average Bonchev–Trinajstić information content (AvgIpc) is 2.30. The lowest BCUT2D eigenvalue weighted by Gasteiger charge is -2.20. The Bertz CT molecular complexity index is 376. The van der Waals surface area contributed by atoms with Crippen molar-refractivity contribution in [3.05, 3.63) is 39.9 Å². The highest BCUT2D eigenvalue weighted by Crippen LogP contribution is 2.19. The lowest BCUT2D eigenvalue weighted by molar-refractivity contribution is -0.385. The van der Waals surface area contributed by atoms with E-state index in [1.807, 2.05) is 4.90 Å². The van der Waals surface area contributed by atoms with Crippen molar-refractivity contribution >= 4 is 42.9 Å². The molecule has 0 spiro atoms. The Morgan fingerprint density at radius 1 is 1.05 bits per heavy atom. The first-order valence-corrected chi connectivity index (χ1v) is 5.53. The molecule has 0 aliphatic carbocycles. The Kier molecular flexibility index (Phi) is 16.3. The molecule has 0 aromatic heterocycles. The molecule has 1 rings (SSSR count). The van der Waals surface area contributed by atoms with Gasteiger partial charge >= 0.3 is 0 Å². The first-order chi connectivity index (χ1) is 8.19. The normalized spacial score (nSPS) is 9.15. The van der Waals surface area contributed by atoms with Gasteiger partial charge in [-0.05, 0) is 0 Å². The molecule has 0 saturated carbocycles. The third-order valence-electron chi connectivity index (χ3n) is 2.47. The van der Waals surface area contributed by atoms with E-state index in [1.54, 1.807) is 18.2 Å². The summed E-state index contributed by atoms with van der Waals surface area (Å²) < 4.78 is 0. The summed E-state index contributed by atoms with van der Waals surface area (Å²) in [5.41, 5.74) is 11.8. The summed E-state index contributed by atoms with van der Waals surface area (Å²) in [5, 5.41) is 10.9. The van der Waals surface area contributed by atoms with Gasteiger partial charge in [-0.15, -0.1) is 37.2 Å². The molecule has 0 fully saturated rings. The zero-order chi connectivity index (χ0) is 12.7. The molecule has 20 heavy (non-hydrogen) atoms. The predicted octanol–water partition coefficient (Wildman–Crippen LogP) is 1.58. The van der Waals surface area contributed by atoms with Crippen LogP contribution in [0.2, 0.25) is 0 Å². The van der Waals surface area contributed by atoms with Gasteiger partial charge in [-0.2, -0.15) is 0 Å². The van der Waals surface area contributed by atoms with E-state index in [2.05, 4.69) is 0 Å². The number of nitrogens with zero attached hydrogens (tertiary/aromatic N) is 2. The van der Waals surface area contributed by atoms with Gasteiger partial charge in [0.1, 0.15) is 0 Å². The van der Waals surface area contributed by atoms with Gasteiger partial charge in [0, 0.05) is 44.4 Å². The van der Waals surface area contributed by atoms with Gasteiger partial charge in [0.15, 0.2) is 0 Å². The predicted molar refractivity (Wildman–Crippen MR) is 88.2 cm³/mol. The second kappa shape index (κ2) is 13.4. The lowest BCUT2D eigenvalue weighted by atomic mass is 10.1. The van der Waals surface area contributed by atoms with Crippen molar-refractivity contribution < 1.29 is 4.92 Å². The van der Waals surface area contributed by atoms with E-state index < -0.39 is 0 Å². The molecule has 4 N–H and O–H groups in total. The fourth-order valence-corrected chi connectivity index (χ4v) is 1.70. The fourth-order valence-electron chi connectivity index (χ4n) is 1.70. The van der Waals surface area contributed by atoms with Crippen LogP contribution in [0.25, 0.3) is 0 Å². The Labute approximate surface area is 137 Å². The number of benzene rings is 1. The zero-order valence-electron chi connectivity index (χ0n) is 10.9. The molecule has 118 valence electrons. The molecule has 0 amide bonds. The van der Waals surface area contributed by atoms with Crippen LogP contribution in [0.15, 0.2) is 24.3 Å². The summed E-state index contributed by atoms with van der Waals surface area (Å²) >= 11 is 0. The van der Waals surface area contributed by atoms with Crippen LogP contribution in [0.5, 0.6) is 0 Å². The van der Waals surface area contributed by atoms with Gasteiger partial charge in [-0.3, -0.25) is 15.0 Å². The third-order valence-corrected chi connectivity index (χ3v) is 2.47. The van der Waals surface area contributed by atoms with Gasteiger partial charge in [-0.1, -0.05) is 18.2 Å². The van der Waals surface area contributed by atoms with Gasteiger partial charge in [0.2, 0.25) is 0 Å². The number of halogens is 3. The molecular weight excluding hydrogens is 327 g/mol. The van der Waals surface area contributed by atoms with Crippen molar-refractivity contribution in [1.82, 2.24) is 4.90 Å². The molecule has 1 aromatic carbocycles. The molecule has 0 unspecified atom stereocenters. The lowest BCUT2D eigenvalue weighted by Crippen LogP contribution is -2.33. The maximum Gasteiger partial charge on any atom is 0.273 e. The Balaban J connectivity index is -0.000000963. The highest BCUT2D eigenvalue weighted by molar-refractivity contribution is 5.86. The van der Waals surface area contributed by atoms with E-state index in [0.29, 0.717) is 38.3 Å². The van der Waals surface area contributed by atoms with E-state index in [4.69, 9.17) is 11.5 Å². The first-order valence-electron chi connectivity index (χ1n) is 5.53. The van der Waals surface area contributed by atoms with E-state index in [9.17, 15) is 10.1 Å². The fraction of sp³-hybridized carbons (Fsp3) is 0.455. The van der Waals surface area contributed by atoms with Crippen molar-refractivity contribution in [3.8, 4) is 0 Å². The minimum atomic E-state index is -0.363.